The Bertz CT molecular complexity index is 3110. The van der Waals surface area contributed by atoms with Gasteiger partial charge in [0.1, 0.15) is 0 Å². The molecular weight excluding hydrogens is 687 g/mol. The molecule has 1 nitrogen and oxygen atoms in total. The molecule has 0 radical (unpaired) electrons. The number of hydrogen-bond acceptors (Lipinski definition) is 4. The van der Waals surface area contributed by atoms with Gasteiger partial charge in [0.15, 0.2) is 0 Å². The van der Waals surface area contributed by atoms with Gasteiger partial charge in [0.05, 0.1) is 5.69 Å². The zero-order chi connectivity index (χ0) is 34.2. The van der Waals surface area contributed by atoms with Crippen molar-refractivity contribution < 1.29 is 0 Å². The summed E-state index contributed by atoms with van der Waals surface area (Å²) in [5.74, 6) is 0. The summed E-state index contributed by atoms with van der Waals surface area (Å²) in [5.41, 5.74) is 8.40. The molecule has 0 bridgehead atoms. The minimum Gasteiger partial charge on any atom is -0.310 e. The van der Waals surface area contributed by atoms with Crippen molar-refractivity contribution in [1.29, 1.82) is 0 Å². The van der Waals surface area contributed by atoms with Gasteiger partial charge in [0, 0.05) is 71.9 Å². The molecule has 11 aromatic rings. The highest BCUT2D eigenvalue weighted by Crippen LogP contribution is 2.48. The summed E-state index contributed by atoms with van der Waals surface area (Å²) in [7, 11) is 0. The van der Waals surface area contributed by atoms with Crippen LogP contribution in [0, 0.1) is 0 Å². The normalized spacial score (nSPS) is 11.8. The van der Waals surface area contributed by atoms with Gasteiger partial charge in [-0.3, -0.25) is 0 Å². The van der Waals surface area contributed by atoms with Crippen molar-refractivity contribution in [3.8, 4) is 22.3 Å². The molecule has 0 amide bonds. The van der Waals surface area contributed by atoms with E-state index in [1.54, 1.807) is 0 Å². The van der Waals surface area contributed by atoms with Crippen molar-refractivity contribution >= 4 is 112 Å². The third-order valence-corrected chi connectivity index (χ3v) is 13.8. The molecule has 11 rings (SSSR count). The molecule has 8 aromatic carbocycles. The zero-order valence-electron chi connectivity index (χ0n) is 27.9. The highest BCUT2D eigenvalue weighted by Gasteiger charge is 2.20. The van der Waals surface area contributed by atoms with Crippen LogP contribution in [-0.2, 0) is 0 Å². The van der Waals surface area contributed by atoms with Crippen LogP contribution < -0.4 is 4.90 Å². The third kappa shape index (κ3) is 4.65. The molecule has 0 N–H and O–H groups in total. The second-order valence-corrected chi connectivity index (χ2v) is 16.5. The number of anilines is 3. The maximum Gasteiger partial charge on any atom is 0.0554 e. The van der Waals surface area contributed by atoms with Gasteiger partial charge in [0.2, 0.25) is 0 Å². The molecule has 0 unspecified atom stereocenters. The number of thiophene rings is 3. The first-order valence-electron chi connectivity index (χ1n) is 17.5. The number of rotatable bonds is 5. The Morgan fingerprint density at radius 2 is 0.865 bits per heavy atom. The summed E-state index contributed by atoms with van der Waals surface area (Å²) in [6.07, 6.45) is 0. The summed E-state index contributed by atoms with van der Waals surface area (Å²) in [4.78, 5) is 2.43. The van der Waals surface area contributed by atoms with Crippen LogP contribution in [-0.4, -0.2) is 0 Å². The van der Waals surface area contributed by atoms with E-state index in [1.807, 2.05) is 34.0 Å². The lowest BCUT2D eigenvalue weighted by atomic mass is 9.98. The average Bonchev–Trinajstić information content (AvgIpc) is 3.90. The Hall–Kier alpha value is -5.78. The van der Waals surface area contributed by atoms with E-state index in [0.29, 0.717) is 0 Å². The van der Waals surface area contributed by atoms with E-state index in [9.17, 15) is 0 Å². The van der Waals surface area contributed by atoms with Gasteiger partial charge in [-0.05, 0) is 82.9 Å². The number of hydrogen-bond donors (Lipinski definition) is 0. The molecule has 0 aliphatic carbocycles. The maximum atomic E-state index is 2.43. The maximum absolute atomic E-state index is 2.43. The Kier molecular flexibility index (Phi) is 6.84. The molecule has 0 atom stereocenters. The van der Waals surface area contributed by atoms with Gasteiger partial charge in [-0.2, -0.15) is 0 Å². The van der Waals surface area contributed by atoms with Crippen molar-refractivity contribution in [2.75, 3.05) is 4.90 Å². The molecule has 0 aliphatic rings. The molecule has 0 saturated heterocycles. The first-order valence-corrected chi connectivity index (χ1v) is 20.0. The Labute approximate surface area is 312 Å². The highest BCUT2D eigenvalue weighted by molar-refractivity contribution is 7.30. The van der Waals surface area contributed by atoms with Gasteiger partial charge in [0.25, 0.3) is 0 Å². The molecular formula is C48H29NS3. The quantitative estimate of drug-likeness (QED) is 0.171. The highest BCUT2D eigenvalue weighted by atomic mass is 32.1. The Morgan fingerprint density at radius 3 is 1.63 bits per heavy atom. The van der Waals surface area contributed by atoms with Crippen molar-refractivity contribution in [3.63, 3.8) is 0 Å². The predicted octanol–water partition coefficient (Wildman–Crippen LogP) is 15.6. The summed E-state index contributed by atoms with van der Waals surface area (Å²) < 4.78 is 8.01. The zero-order valence-corrected chi connectivity index (χ0v) is 30.4. The predicted molar refractivity (Wildman–Crippen MR) is 231 cm³/mol. The van der Waals surface area contributed by atoms with E-state index >= 15 is 0 Å². The van der Waals surface area contributed by atoms with E-state index in [2.05, 4.69) is 181 Å². The molecule has 0 spiro atoms. The van der Waals surface area contributed by atoms with Crippen LogP contribution in [0.3, 0.4) is 0 Å². The lowest BCUT2D eigenvalue weighted by Crippen LogP contribution is -2.10. The molecule has 244 valence electrons. The van der Waals surface area contributed by atoms with E-state index in [-0.39, 0.29) is 0 Å². The lowest BCUT2D eigenvalue weighted by molar-refractivity contribution is 1.30. The molecule has 0 saturated carbocycles. The second kappa shape index (κ2) is 11.9. The molecule has 4 heteroatoms. The van der Waals surface area contributed by atoms with Crippen molar-refractivity contribution in [1.82, 2.24) is 0 Å². The van der Waals surface area contributed by atoms with Gasteiger partial charge < -0.3 is 4.90 Å². The molecule has 0 fully saturated rings. The summed E-state index contributed by atoms with van der Waals surface area (Å²) in [5, 5.41) is 8.02. The molecule has 0 aliphatic heterocycles. The topological polar surface area (TPSA) is 3.24 Å². The van der Waals surface area contributed by atoms with Crippen LogP contribution in [0.5, 0.6) is 0 Å². The lowest BCUT2D eigenvalue weighted by Gasteiger charge is -2.27. The Morgan fingerprint density at radius 1 is 0.308 bits per heavy atom. The van der Waals surface area contributed by atoms with Crippen molar-refractivity contribution in [2.24, 2.45) is 0 Å². The first-order chi connectivity index (χ1) is 25.8. The minimum absolute atomic E-state index is 1.13. The van der Waals surface area contributed by atoms with Gasteiger partial charge in [-0.15, -0.1) is 34.0 Å². The molecule has 3 heterocycles. The van der Waals surface area contributed by atoms with E-state index in [0.717, 1.165) is 11.4 Å². The number of nitrogens with zero attached hydrogens (tertiary/aromatic N) is 1. The van der Waals surface area contributed by atoms with Crippen LogP contribution in [0.25, 0.3) is 82.8 Å². The van der Waals surface area contributed by atoms with E-state index < -0.39 is 0 Å². The summed E-state index contributed by atoms with van der Waals surface area (Å²) in [6.45, 7) is 0. The monoisotopic (exact) mass is 715 g/mol. The van der Waals surface area contributed by atoms with E-state index in [1.165, 1.54) is 88.5 Å². The minimum atomic E-state index is 1.13. The smallest absolute Gasteiger partial charge is 0.0554 e. The van der Waals surface area contributed by atoms with Crippen LogP contribution in [0.15, 0.2) is 176 Å². The van der Waals surface area contributed by atoms with Crippen LogP contribution in [0.1, 0.15) is 0 Å². The standard InChI is InChI=1S/C48H29NS3/c1-2-10-30(11-3-1)31-20-24-33(25-21-31)49(39-15-9-19-42-45(39)38-13-5-7-17-41(38)50-42)34-26-22-32(23-27-34)35-14-8-18-43-46(35)47-44(51-43)29-28-37-36-12-4-6-16-40(36)52-48(37)47/h1-29H. The van der Waals surface area contributed by atoms with Crippen molar-refractivity contribution in [3.05, 3.63) is 176 Å². The fourth-order valence-corrected chi connectivity index (χ4v) is 11.5. The molecule has 52 heavy (non-hydrogen) atoms. The first kappa shape index (κ1) is 29.9. The summed E-state index contributed by atoms with van der Waals surface area (Å²) >= 11 is 5.68. The van der Waals surface area contributed by atoms with Crippen LogP contribution in [0.4, 0.5) is 17.1 Å². The number of benzene rings is 8. The van der Waals surface area contributed by atoms with Crippen LogP contribution >= 0.6 is 34.0 Å². The van der Waals surface area contributed by atoms with Gasteiger partial charge in [-0.25, -0.2) is 0 Å². The van der Waals surface area contributed by atoms with Crippen LogP contribution in [0.2, 0.25) is 0 Å². The molecule has 3 aromatic heterocycles. The average molecular weight is 716 g/mol. The van der Waals surface area contributed by atoms with E-state index in [4.69, 9.17) is 0 Å². The third-order valence-electron chi connectivity index (χ3n) is 10.3. The van der Waals surface area contributed by atoms with Gasteiger partial charge >= 0.3 is 0 Å². The SMILES string of the molecule is c1ccc(-c2ccc(N(c3ccc(-c4cccc5sc6ccc7c8ccccc8sc7c6c45)cc3)c3cccc4sc5ccccc5c34)cc2)cc1. The van der Waals surface area contributed by atoms with Gasteiger partial charge in [-0.1, -0.05) is 115 Å². The second-order valence-electron chi connectivity index (χ2n) is 13.2. The summed E-state index contributed by atoms with van der Waals surface area (Å²) in [6, 6.07) is 64.6. The largest absolute Gasteiger partial charge is 0.310 e. The fourth-order valence-electron chi connectivity index (χ4n) is 7.92. The van der Waals surface area contributed by atoms with Crippen molar-refractivity contribution in [2.45, 2.75) is 0 Å². The fraction of sp³-hybridized carbons (Fsp3) is 0. The Balaban J connectivity index is 1.09. The number of fused-ring (bicyclic) bond motifs is 10.